The fourth-order valence-electron chi connectivity index (χ4n) is 3.53. The normalized spacial score (nSPS) is 19.5. The minimum Gasteiger partial charge on any atom is -0.323 e. The third kappa shape index (κ3) is 3.68. The first kappa shape index (κ1) is 18.4. The van der Waals surface area contributed by atoms with Crippen LogP contribution in [0, 0.1) is 27.7 Å². The quantitative estimate of drug-likeness (QED) is 0.654. The standard InChI is InChI=1S/C22H25N5O/c1-12-5-7-16(8-6-12)18-11-20(28)26-22(24-18)27-21-23-15(4)17-9-13(2)14(3)10-19(17)25-21/h5-10,18,22,24H,11H2,1-4H3,(H,26,28)(H,23,25,27). The average Bonchev–Trinajstić information content (AvgIpc) is 2.63. The zero-order valence-corrected chi connectivity index (χ0v) is 16.6. The summed E-state index contributed by atoms with van der Waals surface area (Å²) in [6, 6.07) is 12.4. The van der Waals surface area contributed by atoms with Crippen LogP contribution in [0.25, 0.3) is 10.9 Å². The van der Waals surface area contributed by atoms with Gasteiger partial charge in [0.25, 0.3) is 0 Å². The summed E-state index contributed by atoms with van der Waals surface area (Å²) in [6.45, 7) is 8.20. The van der Waals surface area contributed by atoms with E-state index in [1.165, 1.54) is 16.7 Å². The highest BCUT2D eigenvalue weighted by molar-refractivity contribution is 5.83. The molecule has 1 fully saturated rings. The Morgan fingerprint density at radius 1 is 1.00 bits per heavy atom. The molecule has 0 spiro atoms. The average molecular weight is 375 g/mol. The topological polar surface area (TPSA) is 78.9 Å². The van der Waals surface area contributed by atoms with Crippen molar-refractivity contribution in [2.24, 2.45) is 0 Å². The van der Waals surface area contributed by atoms with Crippen LogP contribution in [-0.4, -0.2) is 22.2 Å². The van der Waals surface area contributed by atoms with Crippen molar-refractivity contribution in [3.63, 3.8) is 0 Å². The Morgan fingerprint density at radius 3 is 2.46 bits per heavy atom. The van der Waals surface area contributed by atoms with Gasteiger partial charge in [-0.25, -0.2) is 9.97 Å². The fourth-order valence-corrected chi connectivity index (χ4v) is 3.53. The number of rotatable bonds is 3. The molecule has 3 N–H and O–H groups in total. The number of fused-ring (bicyclic) bond motifs is 1. The van der Waals surface area contributed by atoms with Crippen LogP contribution in [0.15, 0.2) is 36.4 Å². The summed E-state index contributed by atoms with van der Waals surface area (Å²) in [6.07, 6.45) is -0.0342. The van der Waals surface area contributed by atoms with Crippen LogP contribution in [0.4, 0.5) is 5.95 Å². The molecule has 28 heavy (non-hydrogen) atoms. The molecule has 2 atom stereocenters. The van der Waals surface area contributed by atoms with Crippen molar-refractivity contribution in [1.29, 1.82) is 0 Å². The number of nitrogens with zero attached hydrogens (tertiary/aromatic N) is 2. The number of nitrogens with one attached hydrogen (secondary N) is 3. The lowest BCUT2D eigenvalue weighted by Crippen LogP contribution is -2.56. The molecule has 4 rings (SSSR count). The van der Waals surface area contributed by atoms with E-state index < -0.39 is 6.29 Å². The highest BCUT2D eigenvalue weighted by Crippen LogP contribution is 2.23. The lowest BCUT2D eigenvalue weighted by molar-refractivity contribution is -0.124. The van der Waals surface area contributed by atoms with Crippen LogP contribution in [0.5, 0.6) is 0 Å². The van der Waals surface area contributed by atoms with Crippen LogP contribution in [0.2, 0.25) is 0 Å². The molecule has 144 valence electrons. The summed E-state index contributed by atoms with van der Waals surface area (Å²) in [5, 5.41) is 10.6. The highest BCUT2D eigenvalue weighted by Gasteiger charge is 2.27. The van der Waals surface area contributed by atoms with Crippen LogP contribution < -0.4 is 16.0 Å². The summed E-state index contributed by atoms with van der Waals surface area (Å²) in [5.41, 5.74) is 6.52. The van der Waals surface area contributed by atoms with Gasteiger partial charge in [-0.05, 0) is 56.5 Å². The molecule has 1 amide bonds. The van der Waals surface area contributed by atoms with Gasteiger partial charge in [-0.3, -0.25) is 10.1 Å². The van der Waals surface area contributed by atoms with Gasteiger partial charge in [0.05, 0.1) is 11.2 Å². The first-order valence-corrected chi connectivity index (χ1v) is 9.53. The Balaban J connectivity index is 1.58. The molecule has 0 radical (unpaired) electrons. The molecule has 1 aliphatic rings. The van der Waals surface area contributed by atoms with Crippen molar-refractivity contribution in [2.75, 3.05) is 5.32 Å². The van der Waals surface area contributed by atoms with E-state index >= 15 is 0 Å². The lowest BCUT2D eigenvalue weighted by Gasteiger charge is -2.32. The van der Waals surface area contributed by atoms with Gasteiger partial charge in [0.15, 0.2) is 6.29 Å². The molecule has 6 heteroatoms. The van der Waals surface area contributed by atoms with Gasteiger partial charge in [0.2, 0.25) is 11.9 Å². The van der Waals surface area contributed by atoms with Gasteiger partial charge in [0, 0.05) is 17.8 Å². The van der Waals surface area contributed by atoms with E-state index in [0.29, 0.717) is 12.4 Å². The first-order chi connectivity index (χ1) is 13.4. The molecular weight excluding hydrogens is 350 g/mol. The number of aryl methyl sites for hydroxylation is 4. The monoisotopic (exact) mass is 375 g/mol. The molecule has 0 bridgehead atoms. The maximum atomic E-state index is 12.2. The zero-order chi connectivity index (χ0) is 19.8. The summed E-state index contributed by atoms with van der Waals surface area (Å²) < 4.78 is 0. The molecule has 0 aliphatic carbocycles. The summed E-state index contributed by atoms with van der Waals surface area (Å²) in [5.74, 6) is 0.487. The van der Waals surface area contributed by atoms with Gasteiger partial charge in [-0.1, -0.05) is 29.8 Å². The first-order valence-electron chi connectivity index (χ1n) is 9.53. The van der Waals surface area contributed by atoms with Gasteiger partial charge < -0.3 is 10.6 Å². The Hall–Kier alpha value is -2.99. The second-order valence-corrected chi connectivity index (χ2v) is 7.57. The van der Waals surface area contributed by atoms with Gasteiger partial charge >= 0.3 is 0 Å². The Kier molecular flexibility index (Phi) is 4.73. The molecule has 2 heterocycles. The summed E-state index contributed by atoms with van der Waals surface area (Å²) in [7, 11) is 0. The predicted octanol–water partition coefficient (Wildman–Crippen LogP) is 3.41. The minimum absolute atomic E-state index is 0.00851. The van der Waals surface area contributed by atoms with Crippen molar-refractivity contribution < 1.29 is 4.79 Å². The molecular formula is C22H25N5O. The summed E-state index contributed by atoms with van der Waals surface area (Å²) >= 11 is 0. The Bertz CT molecular complexity index is 1040. The molecule has 2 aromatic carbocycles. The number of benzene rings is 2. The van der Waals surface area contributed by atoms with Gasteiger partial charge in [-0.2, -0.15) is 0 Å². The molecule has 1 aromatic heterocycles. The van der Waals surface area contributed by atoms with Gasteiger partial charge in [-0.15, -0.1) is 0 Å². The van der Waals surface area contributed by atoms with E-state index in [1.54, 1.807) is 0 Å². The van der Waals surface area contributed by atoms with E-state index in [0.717, 1.165) is 22.2 Å². The molecule has 6 nitrogen and oxygen atoms in total. The number of carbonyl (C=O) groups is 1. The number of hydrogen-bond donors (Lipinski definition) is 3. The predicted molar refractivity (Wildman–Crippen MR) is 111 cm³/mol. The van der Waals surface area contributed by atoms with Crippen molar-refractivity contribution in [3.8, 4) is 0 Å². The van der Waals surface area contributed by atoms with Crippen LogP contribution in [-0.2, 0) is 4.79 Å². The zero-order valence-electron chi connectivity index (χ0n) is 16.6. The van der Waals surface area contributed by atoms with Gasteiger partial charge in [0.1, 0.15) is 0 Å². The third-order valence-electron chi connectivity index (χ3n) is 5.32. The van der Waals surface area contributed by atoms with Crippen LogP contribution in [0.3, 0.4) is 0 Å². The Morgan fingerprint density at radius 2 is 1.71 bits per heavy atom. The number of anilines is 1. The highest BCUT2D eigenvalue weighted by atomic mass is 16.2. The van der Waals surface area contributed by atoms with Crippen molar-refractivity contribution in [2.45, 2.75) is 46.4 Å². The SMILES string of the molecule is Cc1ccc(C2CC(=O)NC(Nc3nc(C)c4cc(C)c(C)cc4n3)N2)cc1. The molecule has 0 saturated carbocycles. The maximum Gasteiger partial charge on any atom is 0.226 e. The number of aromatic nitrogens is 2. The second kappa shape index (κ2) is 7.20. The number of amides is 1. The second-order valence-electron chi connectivity index (χ2n) is 7.57. The smallest absolute Gasteiger partial charge is 0.226 e. The van der Waals surface area contributed by atoms with E-state index in [9.17, 15) is 4.79 Å². The van der Waals surface area contributed by atoms with Crippen LogP contribution >= 0.6 is 0 Å². The van der Waals surface area contributed by atoms with E-state index in [1.807, 2.05) is 6.92 Å². The number of hydrogen-bond acceptors (Lipinski definition) is 5. The van der Waals surface area contributed by atoms with E-state index in [4.69, 9.17) is 0 Å². The number of carbonyl (C=O) groups excluding carboxylic acids is 1. The van der Waals surface area contributed by atoms with Crippen molar-refractivity contribution in [1.82, 2.24) is 20.6 Å². The Labute approximate surface area is 164 Å². The minimum atomic E-state index is -0.434. The van der Waals surface area contributed by atoms with Crippen molar-refractivity contribution in [3.05, 3.63) is 64.3 Å². The van der Waals surface area contributed by atoms with Crippen LogP contribution in [0.1, 0.15) is 40.4 Å². The van der Waals surface area contributed by atoms with Crippen molar-refractivity contribution >= 4 is 22.8 Å². The largest absolute Gasteiger partial charge is 0.323 e. The molecule has 1 saturated heterocycles. The summed E-state index contributed by atoms with van der Waals surface area (Å²) in [4.78, 5) is 21.5. The molecule has 3 aromatic rings. The van der Waals surface area contributed by atoms with E-state index in [2.05, 4.69) is 83.1 Å². The maximum absolute atomic E-state index is 12.2. The molecule has 2 unspecified atom stereocenters. The fraction of sp³-hybridized carbons (Fsp3) is 0.318. The lowest BCUT2D eigenvalue weighted by atomic mass is 10.0. The van der Waals surface area contributed by atoms with E-state index in [-0.39, 0.29) is 11.9 Å². The third-order valence-corrected chi connectivity index (χ3v) is 5.32. The molecule has 1 aliphatic heterocycles.